The number of ether oxygens (including phenoxy) is 1. The van der Waals surface area contributed by atoms with Gasteiger partial charge in [-0.05, 0) is 122 Å². The molecule has 2 aromatic rings. The molecule has 10 atom stereocenters. The average molecular weight is 885 g/mol. The number of nitrogens with zero attached hydrogens (tertiary/aromatic N) is 2. The monoisotopic (exact) mass is 884 g/mol. The standard InChI is InChI=1S/C42H56N2O11S2Si2/c1-49-58(50-2,51-3)19-7-17-56-33-23-25-21-31(33)37-35(25)39(45)43(41(37)47)27-9-13-29(14-10-27)55-30-15-11-28(12-16-30)44-40(46)36-26-22-32(38(36)42(44)48)34(24-26)57-18-8-20-59(52-4,53-5)54-6/h9-16,25-26,31-38H,7-8,17-24H2,1-6H3. The Kier molecular flexibility index (Phi) is 12.9. The first kappa shape index (κ1) is 43.1. The summed E-state index contributed by atoms with van der Waals surface area (Å²) in [6.07, 6.45) is 5.58. The largest absolute Gasteiger partial charge is 0.500 e. The van der Waals surface area contributed by atoms with Gasteiger partial charge in [-0.3, -0.25) is 29.0 Å². The van der Waals surface area contributed by atoms with Gasteiger partial charge in [-0.1, -0.05) is 0 Å². The topological polar surface area (TPSA) is 139 Å². The van der Waals surface area contributed by atoms with Crippen LogP contribution in [0.4, 0.5) is 11.4 Å². The average Bonchev–Trinajstić information content (AvgIpc) is 4.11. The van der Waals surface area contributed by atoms with Gasteiger partial charge in [0.1, 0.15) is 11.5 Å². The molecule has 0 aromatic heterocycles. The molecule has 4 bridgehead atoms. The van der Waals surface area contributed by atoms with Crippen molar-refractivity contribution in [2.45, 2.75) is 61.1 Å². The van der Waals surface area contributed by atoms with Crippen LogP contribution in [-0.4, -0.2) is 106 Å². The quantitative estimate of drug-likeness (QED) is 0.0812. The molecule has 2 heterocycles. The minimum absolute atomic E-state index is 0.0888. The molecule has 2 aromatic carbocycles. The fraction of sp³-hybridized carbons (Fsp3) is 0.619. The Hall–Kier alpha value is -2.59. The molecule has 17 heteroatoms. The van der Waals surface area contributed by atoms with Gasteiger partial charge in [0.25, 0.3) is 0 Å². The highest BCUT2D eigenvalue weighted by Gasteiger charge is 2.65. The number of fused-ring (bicyclic) bond motifs is 10. The van der Waals surface area contributed by atoms with E-state index in [4.69, 9.17) is 31.3 Å². The van der Waals surface area contributed by atoms with E-state index in [2.05, 4.69) is 0 Å². The predicted octanol–water partition coefficient (Wildman–Crippen LogP) is 6.51. The lowest BCUT2D eigenvalue weighted by Gasteiger charge is -2.28. The van der Waals surface area contributed by atoms with E-state index in [0.717, 1.165) is 62.1 Å². The van der Waals surface area contributed by atoms with Crippen molar-refractivity contribution in [3.63, 3.8) is 0 Å². The summed E-state index contributed by atoms with van der Waals surface area (Å²) in [5.41, 5.74) is 1.11. The second kappa shape index (κ2) is 17.7. The number of rotatable bonds is 20. The van der Waals surface area contributed by atoms with Gasteiger partial charge < -0.3 is 31.3 Å². The maximum absolute atomic E-state index is 13.9. The van der Waals surface area contributed by atoms with Crippen molar-refractivity contribution in [3.05, 3.63) is 48.5 Å². The second-order valence-corrected chi connectivity index (χ2v) is 25.5. The van der Waals surface area contributed by atoms with E-state index in [-0.39, 0.29) is 71.0 Å². The van der Waals surface area contributed by atoms with Gasteiger partial charge in [-0.2, -0.15) is 23.5 Å². The Morgan fingerprint density at radius 1 is 0.508 bits per heavy atom. The zero-order valence-corrected chi connectivity index (χ0v) is 38.3. The molecule has 6 fully saturated rings. The van der Waals surface area contributed by atoms with Crippen LogP contribution in [0.1, 0.15) is 38.5 Å². The van der Waals surface area contributed by atoms with Crippen molar-refractivity contribution in [1.29, 1.82) is 0 Å². The van der Waals surface area contributed by atoms with Gasteiger partial charge in [-0.25, -0.2) is 0 Å². The normalized spacial score (nSPS) is 30.9. The highest BCUT2D eigenvalue weighted by Crippen LogP contribution is 2.61. The first-order chi connectivity index (χ1) is 28.5. The molecule has 2 saturated heterocycles. The first-order valence-corrected chi connectivity index (χ1v) is 26.7. The van der Waals surface area contributed by atoms with Crippen LogP contribution >= 0.6 is 23.5 Å². The Morgan fingerprint density at radius 3 is 1.19 bits per heavy atom. The smallest absolute Gasteiger partial charge is 0.457 e. The molecule has 0 radical (unpaired) electrons. The van der Waals surface area contributed by atoms with Gasteiger partial charge >= 0.3 is 17.6 Å². The van der Waals surface area contributed by atoms with Gasteiger partial charge in [-0.15, -0.1) is 0 Å². The third kappa shape index (κ3) is 7.69. The lowest BCUT2D eigenvalue weighted by atomic mass is 9.81. The highest BCUT2D eigenvalue weighted by molar-refractivity contribution is 8.00. The van der Waals surface area contributed by atoms with Crippen LogP contribution in [0.25, 0.3) is 0 Å². The number of hydrogen-bond acceptors (Lipinski definition) is 13. The van der Waals surface area contributed by atoms with E-state index in [1.54, 1.807) is 91.2 Å². The number of imide groups is 2. The highest BCUT2D eigenvalue weighted by atomic mass is 32.2. The molecule has 6 aliphatic rings. The summed E-state index contributed by atoms with van der Waals surface area (Å²) in [5.74, 6) is 2.40. The molecule has 320 valence electrons. The summed E-state index contributed by atoms with van der Waals surface area (Å²) in [7, 11) is 4.55. The van der Waals surface area contributed by atoms with Gasteiger partial charge in [0.2, 0.25) is 23.6 Å². The van der Waals surface area contributed by atoms with E-state index in [1.807, 2.05) is 23.5 Å². The van der Waals surface area contributed by atoms with E-state index in [0.29, 0.717) is 33.4 Å². The number of carbonyl (C=O) groups excluding carboxylic acids is 4. The van der Waals surface area contributed by atoms with Crippen molar-refractivity contribution < 1.29 is 50.5 Å². The van der Waals surface area contributed by atoms with Crippen molar-refractivity contribution >= 4 is 76.1 Å². The summed E-state index contributed by atoms with van der Waals surface area (Å²) in [6, 6.07) is 15.6. The molecular weight excluding hydrogens is 829 g/mol. The maximum Gasteiger partial charge on any atom is 0.500 e. The van der Waals surface area contributed by atoms with Crippen LogP contribution in [0.5, 0.6) is 11.5 Å². The van der Waals surface area contributed by atoms with E-state index in [1.165, 1.54) is 9.80 Å². The molecule has 4 amide bonds. The number of thioether (sulfide) groups is 2. The summed E-state index contributed by atoms with van der Waals surface area (Å²) < 4.78 is 39.5. The van der Waals surface area contributed by atoms with E-state index >= 15 is 0 Å². The van der Waals surface area contributed by atoms with Gasteiger partial charge in [0, 0.05) is 65.2 Å². The van der Waals surface area contributed by atoms with Crippen LogP contribution in [0.2, 0.25) is 12.1 Å². The molecule has 10 unspecified atom stereocenters. The van der Waals surface area contributed by atoms with Crippen molar-refractivity contribution in [2.75, 3.05) is 64.0 Å². The third-order valence-corrected chi connectivity index (χ3v) is 22.8. The first-order valence-electron chi connectivity index (χ1n) is 20.7. The van der Waals surface area contributed by atoms with Crippen molar-refractivity contribution in [3.8, 4) is 11.5 Å². The zero-order chi connectivity index (χ0) is 41.6. The number of carbonyl (C=O) groups is 4. The number of hydrogen-bond donors (Lipinski definition) is 0. The molecular formula is C42H56N2O11S2Si2. The van der Waals surface area contributed by atoms with E-state index < -0.39 is 17.6 Å². The third-order valence-electron chi connectivity index (χ3n) is 14.1. The minimum Gasteiger partial charge on any atom is -0.457 e. The summed E-state index contributed by atoms with van der Waals surface area (Å²) in [4.78, 5) is 58.0. The van der Waals surface area contributed by atoms with Gasteiger partial charge in [0.05, 0.1) is 35.0 Å². The molecule has 8 rings (SSSR count). The molecule has 4 aliphatic carbocycles. The molecule has 0 N–H and O–H groups in total. The molecule has 13 nitrogen and oxygen atoms in total. The van der Waals surface area contributed by atoms with E-state index in [9.17, 15) is 19.2 Å². The maximum atomic E-state index is 13.9. The Labute approximate surface area is 357 Å². The molecule has 2 aliphatic heterocycles. The van der Waals surface area contributed by atoms with Crippen LogP contribution < -0.4 is 14.5 Å². The predicted molar refractivity (Wildman–Crippen MR) is 229 cm³/mol. The number of anilines is 2. The fourth-order valence-corrected chi connectivity index (χ4v) is 18.3. The Morgan fingerprint density at radius 2 is 0.847 bits per heavy atom. The zero-order valence-electron chi connectivity index (χ0n) is 34.7. The minimum atomic E-state index is -2.61. The van der Waals surface area contributed by atoms with Crippen molar-refractivity contribution in [2.24, 2.45) is 47.3 Å². The summed E-state index contributed by atoms with van der Waals surface area (Å²) >= 11 is 3.81. The summed E-state index contributed by atoms with van der Waals surface area (Å²) in [6.45, 7) is 0. The van der Waals surface area contributed by atoms with Crippen LogP contribution in [0.3, 0.4) is 0 Å². The SMILES string of the molecule is CO[Si](CCCSC1CC2CC1C1C(=O)N(c3ccc(Oc4ccc(N5C(=O)C6C7CC(SCCC[Si](OC)(OC)OC)C(C7)C6C5=O)cc4)cc3)C(=O)C21)(OC)OC. The second-order valence-electron chi connectivity index (χ2n) is 16.6. The van der Waals surface area contributed by atoms with Gasteiger partial charge in [0.15, 0.2) is 0 Å². The Bertz CT molecular complexity index is 1730. The fourth-order valence-electron chi connectivity index (χ4n) is 11.3. The number of benzene rings is 2. The van der Waals surface area contributed by atoms with Crippen LogP contribution in [0.15, 0.2) is 48.5 Å². The Balaban J connectivity index is 0.840. The lowest BCUT2D eigenvalue weighted by molar-refractivity contribution is -0.124. The molecule has 59 heavy (non-hydrogen) atoms. The molecule has 4 saturated carbocycles. The van der Waals surface area contributed by atoms with Crippen LogP contribution in [-0.2, 0) is 45.7 Å². The number of amides is 4. The molecule has 0 spiro atoms. The van der Waals surface area contributed by atoms with Crippen molar-refractivity contribution in [1.82, 2.24) is 0 Å². The lowest BCUT2D eigenvalue weighted by Crippen LogP contribution is -2.42. The van der Waals surface area contributed by atoms with Crippen LogP contribution in [0, 0.1) is 47.3 Å². The summed E-state index contributed by atoms with van der Waals surface area (Å²) in [5, 5.41) is 0.713.